The molecule has 0 saturated heterocycles. The molecule has 0 atom stereocenters. The number of unbranched alkanes of at least 4 members (excludes halogenated alkanes) is 8. The molecule has 0 radical (unpaired) electrons. The van der Waals surface area contributed by atoms with Crippen LogP contribution < -0.4 is 0 Å². The topological polar surface area (TPSA) is 174 Å². The molecule has 0 aromatic carbocycles. The van der Waals surface area contributed by atoms with E-state index in [4.69, 9.17) is 61.4 Å². The quantitative estimate of drug-likeness (QED) is 0.0701. The second-order valence-corrected chi connectivity index (χ2v) is 12.5. The molecule has 0 aromatic rings. The van der Waals surface area contributed by atoms with E-state index in [-0.39, 0.29) is 19.8 Å². The molecule has 1 N–H and O–H groups in total. The van der Waals surface area contributed by atoms with E-state index in [0.717, 1.165) is 13.0 Å². The van der Waals surface area contributed by atoms with Crippen LogP contribution in [0, 0.1) is 0 Å². The maximum absolute atomic E-state index is 10.3. The minimum atomic E-state index is -4.42. The third kappa shape index (κ3) is 49.4. The average Bonchev–Trinajstić information content (AvgIpc) is 3.12. The van der Waals surface area contributed by atoms with Crippen LogP contribution in [-0.2, 0) is 71.4 Å². The monoisotopic (exact) mass is 780 g/mol. The first kappa shape index (κ1) is 51.4. The van der Waals surface area contributed by atoms with E-state index in [2.05, 4.69) is 11.1 Å². The summed E-state index contributed by atoms with van der Waals surface area (Å²) in [6.07, 6.45) is 11.9. The molecule has 0 aliphatic carbocycles. The van der Waals surface area contributed by atoms with Crippen LogP contribution in [0.3, 0.4) is 0 Å². The molecule has 0 bridgehead atoms. The van der Waals surface area contributed by atoms with Crippen molar-refractivity contribution in [3.8, 4) is 0 Å². The van der Waals surface area contributed by atoms with Gasteiger partial charge in [-0.05, 0) is 6.42 Å². The fourth-order valence-electron chi connectivity index (χ4n) is 4.23. The molecule has 0 fully saturated rings. The summed E-state index contributed by atoms with van der Waals surface area (Å²) in [6.45, 7) is 13.5. The van der Waals surface area contributed by atoms with Gasteiger partial charge < -0.3 is 56.8 Å². The van der Waals surface area contributed by atoms with Gasteiger partial charge in [0.1, 0.15) is 0 Å². The largest absolute Gasteiger partial charge is 0.397 e. The number of rotatable bonds is 47. The van der Waals surface area contributed by atoms with Gasteiger partial charge in [0.25, 0.3) is 0 Å². The van der Waals surface area contributed by atoms with Crippen molar-refractivity contribution >= 4 is 10.4 Å². The summed E-state index contributed by atoms with van der Waals surface area (Å²) in [5.41, 5.74) is 0. The summed E-state index contributed by atoms with van der Waals surface area (Å²) in [5, 5.41) is 0. The predicted molar refractivity (Wildman–Crippen MR) is 195 cm³/mol. The van der Waals surface area contributed by atoms with Gasteiger partial charge in [-0.1, -0.05) is 58.3 Å². The molecule has 0 rings (SSSR count). The first-order valence-corrected chi connectivity index (χ1v) is 20.5. The van der Waals surface area contributed by atoms with Crippen molar-refractivity contribution in [3.63, 3.8) is 0 Å². The zero-order valence-corrected chi connectivity index (χ0v) is 32.8. The third-order valence-electron chi connectivity index (χ3n) is 6.94. The number of ether oxygens (including phenoxy) is 12. The van der Waals surface area contributed by atoms with Crippen LogP contribution in [-0.4, -0.2) is 178 Å². The molecule has 52 heavy (non-hydrogen) atoms. The van der Waals surface area contributed by atoms with Crippen molar-refractivity contribution < 1.29 is 74.0 Å². The molecule has 0 saturated carbocycles. The van der Waals surface area contributed by atoms with Gasteiger partial charge in [-0.3, -0.25) is 4.55 Å². The highest BCUT2D eigenvalue weighted by Crippen LogP contribution is 2.09. The van der Waals surface area contributed by atoms with Gasteiger partial charge in [0.2, 0.25) is 0 Å². The van der Waals surface area contributed by atoms with Crippen LogP contribution in [0.4, 0.5) is 0 Å². The van der Waals surface area contributed by atoms with Gasteiger partial charge in [0.15, 0.2) is 0 Å². The SMILES string of the molecule is CCCCCCCCCCCOCCOCCOCCOCCOCCOCCOCCOCCOCCOCCOCCOCCOS(=O)(=O)O. The van der Waals surface area contributed by atoms with E-state index in [1.165, 1.54) is 51.4 Å². The number of hydrogen-bond acceptors (Lipinski definition) is 15. The zero-order chi connectivity index (χ0) is 37.7. The maximum atomic E-state index is 10.3. The van der Waals surface area contributed by atoms with Crippen molar-refractivity contribution in [2.45, 2.75) is 64.7 Å². The van der Waals surface area contributed by atoms with Gasteiger partial charge in [0.05, 0.1) is 159 Å². The van der Waals surface area contributed by atoms with Crippen LogP contribution in [0.15, 0.2) is 0 Å². The van der Waals surface area contributed by atoms with Crippen molar-refractivity contribution in [2.75, 3.05) is 165 Å². The Kier molecular flexibility index (Phi) is 44.3. The smallest absolute Gasteiger partial charge is 0.379 e. The Morgan fingerprint density at radius 2 is 0.481 bits per heavy atom. The second kappa shape index (κ2) is 44.8. The summed E-state index contributed by atoms with van der Waals surface area (Å²) in [6, 6.07) is 0. The van der Waals surface area contributed by atoms with Gasteiger partial charge >= 0.3 is 10.4 Å². The summed E-state index contributed by atoms with van der Waals surface area (Å²) in [7, 11) is -4.42. The van der Waals surface area contributed by atoms with Gasteiger partial charge in [-0.15, -0.1) is 0 Å². The molecule has 0 unspecified atom stereocenters. The average molecular weight is 781 g/mol. The Labute approximate surface area is 313 Å². The van der Waals surface area contributed by atoms with Gasteiger partial charge in [-0.25, -0.2) is 4.18 Å². The van der Waals surface area contributed by atoms with Crippen molar-refractivity contribution in [1.82, 2.24) is 0 Å². The normalized spacial score (nSPS) is 12.0. The molecule has 0 spiro atoms. The van der Waals surface area contributed by atoms with E-state index in [1.54, 1.807) is 0 Å². The van der Waals surface area contributed by atoms with E-state index >= 15 is 0 Å². The molecule has 0 amide bonds. The Morgan fingerprint density at radius 1 is 0.288 bits per heavy atom. The van der Waals surface area contributed by atoms with Crippen LogP contribution in [0.1, 0.15) is 64.7 Å². The first-order valence-electron chi connectivity index (χ1n) is 19.1. The molecule has 0 aliphatic heterocycles. The molecule has 314 valence electrons. The lowest BCUT2D eigenvalue weighted by Gasteiger charge is -2.09. The lowest BCUT2D eigenvalue weighted by molar-refractivity contribution is -0.0285. The highest BCUT2D eigenvalue weighted by molar-refractivity contribution is 7.80. The van der Waals surface area contributed by atoms with Gasteiger partial charge in [-0.2, -0.15) is 8.42 Å². The lowest BCUT2D eigenvalue weighted by atomic mass is 10.1. The molecular weight excluding hydrogens is 708 g/mol. The van der Waals surface area contributed by atoms with Crippen LogP contribution in [0.2, 0.25) is 0 Å². The molecule has 17 heteroatoms. The fourth-order valence-corrected chi connectivity index (χ4v) is 4.51. The Morgan fingerprint density at radius 3 is 0.712 bits per heavy atom. The van der Waals surface area contributed by atoms with Crippen LogP contribution >= 0.6 is 0 Å². The number of hydrogen-bond donors (Lipinski definition) is 1. The van der Waals surface area contributed by atoms with E-state index in [0.29, 0.717) is 139 Å². The third-order valence-corrected chi connectivity index (χ3v) is 7.41. The standard InChI is InChI=1S/C35H72O16S/c1-2-3-4-5-6-7-8-9-10-11-39-12-13-40-14-15-41-16-17-42-18-19-43-20-21-44-22-23-45-24-25-46-26-27-47-28-29-48-30-31-49-32-33-50-34-35-51-52(36,37)38/h2-35H2,1H3,(H,36,37,38). The second-order valence-electron chi connectivity index (χ2n) is 11.4. The highest BCUT2D eigenvalue weighted by atomic mass is 32.3. The van der Waals surface area contributed by atoms with E-state index in [9.17, 15) is 8.42 Å². The van der Waals surface area contributed by atoms with Crippen molar-refractivity contribution in [3.05, 3.63) is 0 Å². The molecular formula is C35H72O16S. The molecule has 0 heterocycles. The Hall–Kier alpha value is -0.610. The summed E-state index contributed by atoms with van der Waals surface area (Å²) in [4.78, 5) is 0. The van der Waals surface area contributed by atoms with E-state index < -0.39 is 10.4 Å². The zero-order valence-electron chi connectivity index (χ0n) is 32.0. The van der Waals surface area contributed by atoms with Crippen LogP contribution in [0.25, 0.3) is 0 Å². The maximum Gasteiger partial charge on any atom is 0.397 e. The van der Waals surface area contributed by atoms with Gasteiger partial charge in [0, 0.05) is 6.61 Å². The summed E-state index contributed by atoms with van der Waals surface area (Å²) in [5.74, 6) is 0. The lowest BCUT2D eigenvalue weighted by Crippen LogP contribution is -2.15. The predicted octanol–water partition coefficient (Wildman–Crippen LogP) is 3.54. The highest BCUT2D eigenvalue weighted by Gasteiger charge is 2.03. The molecule has 0 aliphatic rings. The fraction of sp³-hybridized carbons (Fsp3) is 1.00. The summed E-state index contributed by atoms with van der Waals surface area (Å²) < 4.78 is 98.5. The minimum absolute atomic E-state index is 0.0314. The molecule has 16 nitrogen and oxygen atoms in total. The van der Waals surface area contributed by atoms with Crippen LogP contribution in [0.5, 0.6) is 0 Å². The Bertz CT molecular complexity index is 765. The van der Waals surface area contributed by atoms with E-state index in [1.807, 2.05) is 0 Å². The first-order chi connectivity index (χ1) is 25.6. The summed E-state index contributed by atoms with van der Waals surface area (Å²) >= 11 is 0. The van der Waals surface area contributed by atoms with Crippen molar-refractivity contribution in [1.29, 1.82) is 0 Å². The minimum Gasteiger partial charge on any atom is -0.379 e. The molecule has 0 aromatic heterocycles. The Balaban J connectivity index is 3.06. The van der Waals surface area contributed by atoms with Crippen molar-refractivity contribution in [2.24, 2.45) is 0 Å².